The SMILES string of the molecule is CN1CCNC(=O)C[C@H]2CN(C(=O)CCc3ccccn3)C[C@H]2n2cc(nn2)Cn2cccc(c2=O)C1=O. The molecule has 2 aliphatic rings. The second-order valence-corrected chi connectivity index (χ2v) is 9.77. The van der Waals surface area contributed by atoms with Gasteiger partial charge in [-0.2, -0.15) is 0 Å². The number of carbonyl (C=O) groups is 3. The number of fused-ring (bicyclic) bond motifs is 6. The molecule has 2 aliphatic heterocycles. The molecule has 0 unspecified atom stereocenters. The van der Waals surface area contributed by atoms with Gasteiger partial charge in [-0.05, 0) is 30.7 Å². The minimum Gasteiger partial charge on any atom is -0.354 e. The zero-order chi connectivity index (χ0) is 26.6. The van der Waals surface area contributed by atoms with Crippen LogP contribution in [0, 0.1) is 5.92 Å². The van der Waals surface area contributed by atoms with Crippen molar-refractivity contribution in [1.29, 1.82) is 0 Å². The zero-order valence-electron chi connectivity index (χ0n) is 21.2. The van der Waals surface area contributed by atoms with Crippen molar-refractivity contribution >= 4 is 17.7 Å². The molecule has 0 radical (unpaired) electrons. The predicted octanol–water partition coefficient (Wildman–Crippen LogP) is 0.107. The summed E-state index contributed by atoms with van der Waals surface area (Å²) in [5.74, 6) is -0.747. The van der Waals surface area contributed by atoms with Crippen LogP contribution in [-0.2, 0) is 22.6 Å². The van der Waals surface area contributed by atoms with Crippen LogP contribution in [0.3, 0.4) is 0 Å². The van der Waals surface area contributed by atoms with Gasteiger partial charge in [-0.15, -0.1) is 5.10 Å². The largest absolute Gasteiger partial charge is 0.354 e. The Hall–Kier alpha value is -4.35. The molecule has 0 saturated carbocycles. The van der Waals surface area contributed by atoms with Gasteiger partial charge in [-0.3, -0.25) is 24.2 Å². The Bertz CT molecular complexity index is 1390. The van der Waals surface area contributed by atoms with Crippen LogP contribution in [0.2, 0.25) is 0 Å². The minimum absolute atomic E-state index is 0.00158. The van der Waals surface area contributed by atoms with E-state index >= 15 is 0 Å². The molecule has 198 valence electrons. The Labute approximate surface area is 219 Å². The maximum absolute atomic E-state index is 13.1. The van der Waals surface area contributed by atoms with Crippen molar-refractivity contribution < 1.29 is 14.4 Å². The van der Waals surface area contributed by atoms with E-state index in [-0.39, 0.29) is 55.4 Å². The smallest absolute Gasteiger partial charge is 0.263 e. The van der Waals surface area contributed by atoms with Crippen molar-refractivity contribution in [2.24, 2.45) is 5.92 Å². The van der Waals surface area contributed by atoms with E-state index in [1.165, 1.54) is 15.5 Å². The third-order valence-electron chi connectivity index (χ3n) is 7.12. The molecule has 12 heteroatoms. The monoisotopic (exact) mass is 518 g/mol. The number of hydrogen-bond donors (Lipinski definition) is 1. The van der Waals surface area contributed by atoms with Crippen LogP contribution < -0.4 is 10.9 Å². The summed E-state index contributed by atoms with van der Waals surface area (Å²) in [6.07, 6.45) is 6.14. The van der Waals surface area contributed by atoms with E-state index in [1.54, 1.807) is 41.3 Å². The zero-order valence-corrected chi connectivity index (χ0v) is 21.2. The lowest BCUT2D eigenvalue weighted by Crippen LogP contribution is -2.39. The molecule has 12 nitrogen and oxygen atoms in total. The van der Waals surface area contributed by atoms with Gasteiger partial charge in [0.05, 0.1) is 18.8 Å². The number of carbonyl (C=O) groups excluding carboxylic acids is 3. The van der Waals surface area contributed by atoms with E-state index in [0.717, 1.165) is 5.69 Å². The third kappa shape index (κ3) is 5.48. The van der Waals surface area contributed by atoms with Gasteiger partial charge in [0, 0.05) is 70.1 Å². The van der Waals surface area contributed by atoms with Crippen LogP contribution in [0.25, 0.3) is 0 Å². The fraction of sp³-hybridized carbons (Fsp3) is 0.423. The molecule has 3 amide bonds. The van der Waals surface area contributed by atoms with E-state index in [9.17, 15) is 19.2 Å². The van der Waals surface area contributed by atoms with Gasteiger partial charge in [0.25, 0.3) is 11.5 Å². The summed E-state index contributed by atoms with van der Waals surface area (Å²) in [5, 5.41) is 11.4. The van der Waals surface area contributed by atoms with Crippen LogP contribution in [0.4, 0.5) is 0 Å². The average Bonchev–Trinajstić information content (AvgIpc) is 3.55. The van der Waals surface area contributed by atoms with Crippen molar-refractivity contribution in [2.75, 3.05) is 33.2 Å². The molecule has 0 aliphatic carbocycles. The molecule has 4 bridgehead atoms. The van der Waals surface area contributed by atoms with Gasteiger partial charge in [0.2, 0.25) is 11.8 Å². The highest BCUT2D eigenvalue weighted by molar-refractivity contribution is 5.93. The first kappa shape index (κ1) is 25.3. The Balaban J connectivity index is 1.38. The molecule has 5 heterocycles. The number of aromatic nitrogens is 5. The summed E-state index contributed by atoms with van der Waals surface area (Å²) in [6, 6.07) is 8.55. The normalized spacial score (nSPS) is 20.2. The molecule has 5 rings (SSSR count). The lowest BCUT2D eigenvalue weighted by Gasteiger charge is -2.20. The van der Waals surface area contributed by atoms with Crippen molar-refractivity contribution in [3.63, 3.8) is 0 Å². The second-order valence-electron chi connectivity index (χ2n) is 9.77. The van der Waals surface area contributed by atoms with Gasteiger partial charge in [-0.25, -0.2) is 4.68 Å². The minimum atomic E-state index is -0.418. The maximum atomic E-state index is 13.1. The first-order valence-electron chi connectivity index (χ1n) is 12.7. The number of pyridine rings is 2. The summed E-state index contributed by atoms with van der Waals surface area (Å²) in [7, 11) is 1.60. The molecule has 38 heavy (non-hydrogen) atoms. The summed E-state index contributed by atoms with van der Waals surface area (Å²) < 4.78 is 3.13. The van der Waals surface area contributed by atoms with Gasteiger partial charge in [0.15, 0.2) is 0 Å². The molecule has 2 atom stereocenters. The van der Waals surface area contributed by atoms with Gasteiger partial charge in [0.1, 0.15) is 11.3 Å². The number of likely N-dealkylation sites (tertiary alicyclic amines) is 1. The molecule has 1 N–H and O–H groups in total. The summed E-state index contributed by atoms with van der Waals surface area (Å²) in [5.41, 5.74) is 1.03. The molecule has 1 saturated heterocycles. The van der Waals surface area contributed by atoms with E-state index in [2.05, 4.69) is 20.6 Å². The summed E-state index contributed by atoms with van der Waals surface area (Å²) >= 11 is 0. The predicted molar refractivity (Wildman–Crippen MR) is 136 cm³/mol. The number of rotatable bonds is 3. The van der Waals surface area contributed by atoms with Crippen LogP contribution in [-0.4, -0.2) is 85.3 Å². The fourth-order valence-corrected chi connectivity index (χ4v) is 5.02. The Morgan fingerprint density at radius 3 is 2.82 bits per heavy atom. The Kier molecular flexibility index (Phi) is 7.29. The first-order valence-corrected chi connectivity index (χ1v) is 12.7. The quantitative estimate of drug-likeness (QED) is 0.520. The average molecular weight is 519 g/mol. The van der Waals surface area contributed by atoms with Gasteiger partial charge < -0.3 is 19.7 Å². The van der Waals surface area contributed by atoms with Crippen molar-refractivity contribution in [3.05, 3.63) is 76.2 Å². The molecule has 1 fully saturated rings. The van der Waals surface area contributed by atoms with Crippen molar-refractivity contribution in [1.82, 2.24) is 39.7 Å². The van der Waals surface area contributed by atoms with Crippen molar-refractivity contribution in [3.8, 4) is 0 Å². The van der Waals surface area contributed by atoms with Crippen LogP contribution >= 0.6 is 0 Å². The topological polar surface area (TPSA) is 135 Å². The van der Waals surface area contributed by atoms with Crippen LogP contribution in [0.5, 0.6) is 0 Å². The maximum Gasteiger partial charge on any atom is 0.263 e. The molecule has 0 spiro atoms. The highest BCUT2D eigenvalue weighted by atomic mass is 16.2. The second kappa shape index (κ2) is 11.0. The summed E-state index contributed by atoms with van der Waals surface area (Å²) in [6.45, 7) is 1.49. The molecular weight excluding hydrogens is 488 g/mol. The molecule has 3 aromatic rings. The van der Waals surface area contributed by atoms with Gasteiger partial charge in [-0.1, -0.05) is 11.3 Å². The lowest BCUT2D eigenvalue weighted by molar-refractivity contribution is -0.130. The standard InChI is InChI=1S/C26H30N8O4/c1-31-12-10-28-23(35)13-18-14-33(24(36)8-7-19-5-2-3-9-27-19)17-22(18)34-16-20(29-30-34)15-32-11-4-6-21(25(31)37)26(32)38/h2-6,9,11,16,18,22H,7-8,10,12-15,17H2,1H3,(H,28,35)/t18-,22+/m0/s1. The van der Waals surface area contributed by atoms with Gasteiger partial charge >= 0.3 is 0 Å². The number of hydrogen-bond acceptors (Lipinski definition) is 7. The number of aryl methyl sites for hydroxylation is 1. The number of nitrogens with zero attached hydrogens (tertiary/aromatic N) is 7. The highest BCUT2D eigenvalue weighted by Crippen LogP contribution is 2.31. The van der Waals surface area contributed by atoms with Crippen LogP contribution in [0.1, 0.15) is 40.6 Å². The van der Waals surface area contributed by atoms with Crippen molar-refractivity contribution in [2.45, 2.75) is 31.8 Å². The highest BCUT2D eigenvalue weighted by Gasteiger charge is 2.38. The fourth-order valence-electron chi connectivity index (χ4n) is 5.02. The number of nitrogens with one attached hydrogen (secondary N) is 1. The van der Waals surface area contributed by atoms with E-state index in [1.807, 2.05) is 18.2 Å². The van der Waals surface area contributed by atoms with E-state index in [0.29, 0.717) is 31.6 Å². The summed E-state index contributed by atoms with van der Waals surface area (Å²) in [4.78, 5) is 59.2. The molecule has 0 aromatic carbocycles. The molecular formula is C26H30N8O4. The van der Waals surface area contributed by atoms with E-state index < -0.39 is 11.5 Å². The Morgan fingerprint density at radius 1 is 1.13 bits per heavy atom. The first-order chi connectivity index (χ1) is 18.4. The lowest BCUT2D eigenvalue weighted by atomic mass is 9.99. The third-order valence-corrected chi connectivity index (χ3v) is 7.12. The Morgan fingerprint density at radius 2 is 2.00 bits per heavy atom. The number of likely N-dealkylation sites (N-methyl/N-ethyl adjacent to an activating group) is 1. The number of amides is 3. The van der Waals surface area contributed by atoms with Crippen LogP contribution in [0.15, 0.2) is 53.7 Å². The van der Waals surface area contributed by atoms with E-state index in [4.69, 9.17) is 0 Å². The molecule has 3 aromatic heterocycles.